The van der Waals surface area contributed by atoms with Crippen LogP contribution < -0.4 is 15.4 Å². The summed E-state index contributed by atoms with van der Waals surface area (Å²) in [7, 11) is -3.57. The Labute approximate surface area is 151 Å². The van der Waals surface area contributed by atoms with Crippen LogP contribution in [0, 0.1) is 0 Å². The van der Waals surface area contributed by atoms with E-state index in [2.05, 4.69) is 31.3 Å². The molecule has 1 saturated heterocycles. The van der Waals surface area contributed by atoms with Gasteiger partial charge in [-0.3, -0.25) is 4.79 Å². The largest absolute Gasteiger partial charge is 0.352 e. The van der Waals surface area contributed by atoms with E-state index in [-0.39, 0.29) is 42.2 Å². The molecule has 6 nitrogen and oxygen atoms in total. The second-order valence-corrected chi connectivity index (χ2v) is 7.90. The Morgan fingerprint density at radius 3 is 2.61 bits per heavy atom. The number of piperidine rings is 1. The molecule has 1 aliphatic rings. The summed E-state index contributed by atoms with van der Waals surface area (Å²) in [5.41, 5.74) is 0. The Bertz CT molecular complexity index is 604. The maximum absolute atomic E-state index is 12.0. The maximum atomic E-state index is 12.0. The standard InChI is InChI=1S/C14H20BrN3O3S.ClH/c15-11-3-5-13(6-4-11)22(20,21)17-9-7-14(19)18-12-2-1-8-16-10-12;/h3-6,12,16-17H,1-2,7-10H2,(H,18,19);1H. The van der Waals surface area contributed by atoms with E-state index in [0.29, 0.717) is 0 Å². The van der Waals surface area contributed by atoms with Crippen molar-refractivity contribution < 1.29 is 13.2 Å². The zero-order valence-corrected chi connectivity index (χ0v) is 15.8. The van der Waals surface area contributed by atoms with Gasteiger partial charge in [0.25, 0.3) is 0 Å². The number of hydrogen-bond acceptors (Lipinski definition) is 4. The van der Waals surface area contributed by atoms with Gasteiger partial charge in [-0.05, 0) is 43.7 Å². The first kappa shape index (κ1) is 20.4. The smallest absolute Gasteiger partial charge is 0.240 e. The van der Waals surface area contributed by atoms with Crippen LogP contribution in [0.4, 0.5) is 0 Å². The predicted molar refractivity (Wildman–Crippen MR) is 95.2 cm³/mol. The van der Waals surface area contributed by atoms with Crippen molar-refractivity contribution in [2.75, 3.05) is 19.6 Å². The number of carbonyl (C=O) groups excluding carboxylic acids is 1. The molecule has 1 amide bonds. The number of halogens is 2. The molecule has 1 aromatic rings. The van der Waals surface area contributed by atoms with Crippen molar-refractivity contribution in [3.63, 3.8) is 0 Å². The third-order valence-corrected chi connectivity index (χ3v) is 5.44. The lowest BCUT2D eigenvalue weighted by atomic mass is 10.1. The van der Waals surface area contributed by atoms with E-state index in [9.17, 15) is 13.2 Å². The minimum absolute atomic E-state index is 0. The van der Waals surface area contributed by atoms with E-state index in [1.807, 2.05) is 0 Å². The molecular formula is C14H21BrClN3O3S. The fourth-order valence-electron chi connectivity index (χ4n) is 2.27. The van der Waals surface area contributed by atoms with Crippen molar-refractivity contribution in [1.82, 2.24) is 15.4 Å². The van der Waals surface area contributed by atoms with Crippen LogP contribution in [0.5, 0.6) is 0 Å². The lowest BCUT2D eigenvalue weighted by molar-refractivity contribution is -0.121. The quantitative estimate of drug-likeness (QED) is 0.642. The first-order valence-electron chi connectivity index (χ1n) is 7.23. The van der Waals surface area contributed by atoms with Crippen LogP contribution in [0.15, 0.2) is 33.6 Å². The molecule has 3 N–H and O–H groups in total. The summed E-state index contributed by atoms with van der Waals surface area (Å²) in [5, 5.41) is 6.13. The highest BCUT2D eigenvalue weighted by atomic mass is 79.9. The highest BCUT2D eigenvalue weighted by Crippen LogP contribution is 2.14. The number of amides is 1. The molecule has 23 heavy (non-hydrogen) atoms. The van der Waals surface area contributed by atoms with Gasteiger partial charge < -0.3 is 10.6 Å². The maximum Gasteiger partial charge on any atom is 0.240 e. The Morgan fingerprint density at radius 1 is 1.30 bits per heavy atom. The second kappa shape index (κ2) is 9.58. The predicted octanol–water partition coefficient (Wildman–Crippen LogP) is 1.41. The lowest BCUT2D eigenvalue weighted by Crippen LogP contribution is -2.46. The average Bonchev–Trinajstić information content (AvgIpc) is 2.48. The zero-order chi connectivity index (χ0) is 16.0. The fraction of sp³-hybridized carbons (Fsp3) is 0.500. The van der Waals surface area contributed by atoms with Crippen molar-refractivity contribution >= 4 is 44.3 Å². The molecule has 1 unspecified atom stereocenters. The van der Waals surface area contributed by atoms with E-state index in [0.717, 1.165) is 30.4 Å². The van der Waals surface area contributed by atoms with E-state index in [1.54, 1.807) is 12.1 Å². The molecule has 1 aliphatic heterocycles. The molecule has 0 saturated carbocycles. The van der Waals surface area contributed by atoms with Gasteiger partial charge in [-0.1, -0.05) is 15.9 Å². The lowest BCUT2D eigenvalue weighted by Gasteiger charge is -2.23. The summed E-state index contributed by atoms with van der Waals surface area (Å²) in [6.45, 7) is 1.85. The Morgan fingerprint density at radius 2 is 2.00 bits per heavy atom. The number of nitrogens with one attached hydrogen (secondary N) is 3. The van der Waals surface area contributed by atoms with Gasteiger partial charge in [0.2, 0.25) is 15.9 Å². The number of sulfonamides is 1. The van der Waals surface area contributed by atoms with Gasteiger partial charge in [0, 0.05) is 30.0 Å². The van der Waals surface area contributed by atoms with E-state index >= 15 is 0 Å². The van der Waals surface area contributed by atoms with Crippen molar-refractivity contribution in [2.24, 2.45) is 0 Å². The first-order chi connectivity index (χ1) is 10.5. The topological polar surface area (TPSA) is 87.3 Å². The third-order valence-electron chi connectivity index (χ3n) is 3.43. The van der Waals surface area contributed by atoms with Gasteiger partial charge >= 0.3 is 0 Å². The second-order valence-electron chi connectivity index (χ2n) is 5.21. The van der Waals surface area contributed by atoms with Crippen molar-refractivity contribution in [3.8, 4) is 0 Å². The minimum atomic E-state index is -3.57. The Kier molecular flexibility index (Phi) is 8.49. The molecule has 1 aromatic carbocycles. The molecule has 1 atom stereocenters. The molecule has 0 aliphatic carbocycles. The fourth-order valence-corrected chi connectivity index (χ4v) is 3.57. The normalized spacial score (nSPS) is 18.0. The van der Waals surface area contributed by atoms with Crippen LogP contribution in [-0.2, 0) is 14.8 Å². The molecule has 1 fully saturated rings. The highest BCUT2D eigenvalue weighted by molar-refractivity contribution is 9.10. The van der Waals surface area contributed by atoms with Crippen LogP contribution >= 0.6 is 28.3 Å². The van der Waals surface area contributed by atoms with Crippen LogP contribution in [0.3, 0.4) is 0 Å². The first-order valence-corrected chi connectivity index (χ1v) is 9.50. The van der Waals surface area contributed by atoms with Gasteiger partial charge in [0.05, 0.1) is 4.90 Å². The van der Waals surface area contributed by atoms with Gasteiger partial charge in [-0.2, -0.15) is 0 Å². The van der Waals surface area contributed by atoms with Crippen molar-refractivity contribution in [2.45, 2.75) is 30.2 Å². The molecule has 0 radical (unpaired) electrons. The van der Waals surface area contributed by atoms with E-state index in [1.165, 1.54) is 12.1 Å². The molecule has 0 spiro atoms. The van der Waals surface area contributed by atoms with Crippen molar-refractivity contribution in [1.29, 1.82) is 0 Å². The number of benzene rings is 1. The van der Waals surface area contributed by atoms with Gasteiger partial charge in [0.1, 0.15) is 0 Å². The average molecular weight is 427 g/mol. The Hall–Kier alpha value is -0.670. The number of hydrogen-bond donors (Lipinski definition) is 3. The Balaban J connectivity index is 0.00000264. The summed E-state index contributed by atoms with van der Waals surface area (Å²) in [5.74, 6) is -0.132. The molecule has 2 rings (SSSR count). The van der Waals surface area contributed by atoms with Crippen LogP contribution in [0.1, 0.15) is 19.3 Å². The summed E-state index contributed by atoms with van der Waals surface area (Å²) in [6, 6.07) is 6.50. The van der Waals surface area contributed by atoms with Crippen LogP contribution in [0.2, 0.25) is 0 Å². The number of carbonyl (C=O) groups is 1. The number of rotatable bonds is 6. The molecule has 9 heteroatoms. The monoisotopic (exact) mass is 425 g/mol. The minimum Gasteiger partial charge on any atom is -0.352 e. The van der Waals surface area contributed by atoms with Gasteiger partial charge in [-0.15, -0.1) is 12.4 Å². The molecule has 130 valence electrons. The van der Waals surface area contributed by atoms with E-state index < -0.39 is 10.0 Å². The zero-order valence-electron chi connectivity index (χ0n) is 12.5. The summed E-state index contributed by atoms with van der Waals surface area (Å²) in [6.07, 6.45) is 2.14. The summed E-state index contributed by atoms with van der Waals surface area (Å²) in [4.78, 5) is 12.0. The summed E-state index contributed by atoms with van der Waals surface area (Å²) < 4.78 is 27.3. The third kappa shape index (κ3) is 6.76. The molecule has 0 aromatic heterocycles. The molecule has 0 bridgehead atoms. The van der Waals surface area contributed by atoms with Crippen molar-refractivity contribution in [3.05, 3.63) is 28.7 Å². The van der Waals surface area contributed by atoms with Crippen LogP contribution in [-0.4, -0.2) is 40.0 Å². The van der Waals surface area contributed by atoms with E-state index in [4.69, 9.17) is 0 Å². The van der Waals surface area contributed by atoms with Crippen LogP contribution in [0.25, 0.3) is 0 Å². The summed E-state index contributed by atoms with van der Waals surface area (Å²) >= 11 is 3.26. The van der Waals surface area contributed by atoms with Gasteiger partial charge in [0.15, 0.2) is 0 Å². The van der Waals surface area contributed by atoms with Gasteiger partial charge in [-0.25, -0.2) is 13.1 Å². The molecular weight excluding hydrogens is 406 g/mol. The molecule has 1 heterocycles. The SMILES string of the molecule is Cl.O=C(CCNS(=O)(=O)c1ccc(Br)cc1)NC1CCCNC1. The highest BCUT2D eigenvalue weighted by Gasteiger charge is 2.17.